The van der Waals surface area contributed by atoms with Crippen LogP contribution in [-0.4, -0.2) is 50.4 Å². The third-order valence-electron chi connectivity index (χ3n) is 7.01. The van der Waals surface area contributed by atoms with Crippen LogP contribution in [0.1, 0.15) is 22.5 Å². The number of aromatic amines is 1. The molecule has 1 aliphatic heterocycles. The quantitative estimate of drug-likeness (QED) is 0.325. The number of pyridine rings is 1. The Labute approximate surface area is 223 Å². The summed E-state index contributed by atoms with van der Waals surface area (Å²) in [5.41, 5.74) is 5.51. The van der Waals surface area contributed by atoms with Crippen LogP contribution in [-0.2, 0) is 4.79 Å². The number of amides is 2. The second-order valence-electron chi connectivity index (χ2n) is 9.44. The first-order valence-corrected chi connectivity index (χ1v) is 13.4. The van der Waals surface area contributed by atoms with E-state index in [9.17, 15) is 9.59 Å². The summed E-state index contributed by atoms with van der Waals surface area (Å²) in [7, 11) is 0. The molecule has 190 valence electrons. The molecule has 2 aromatic carbocycles. The Morgan fingerprint density at radius 1 is 1.11 bits per heavy atom. The summed E-state index contributed by atoms with van der Waals surface area (Å²) in [6, 6.07) is 20.4. The van der Waals surface area contributed by atoms with Crippen molar-refractivity contribution in [2.75, 3.05) is 13.1 Å². The van der Waals surface area contributed by atoms with E-state index in [1.54, 1.807) is 11.1 Å². The predicted molar refractivity (Wildman–Crippen MR) is 153 cm³/mol. The number of nitrogens with zero attached hydrogens (tertiary/aromatic N) is 3. The third-order valence-corrected chi connectivity index (χ3v) is 8.11. The fourth-order valence-corrected chi connectivity index (χ4v) is 6.27. The molecule has 1 fully saturated rings. The van der Waals surface area contributed by atoms with Gasteiger partial charge >= 0.3 is 0 Å². The summed E-state index contributed by atoms with van der Waals surface area (Å²) in [6.45, 7) is 9.05. The first kappa shape index (κ1) is 23.9. The van der Waals surface area contributed by atoms with Crippen LogP contribution in [0.4, 0.5) is 0 Å². The first-order valence-electron chi connectivity index (χ1n) is 12.6. The van der Waals surface area contributed by atoms with Crippen LogP contribution in [0.2, 0.25) is 0 Å². The van der Waals surface area contributed by atoms with E-state index in [2.05, 4.69) is 63.3 Å². The number of H-pyrrole nitrogens is 1. The molecule has 0 unspecified atom stereocenters. The molecule has 5 aromatic rings. The molecule has 2 N–H and O–H groups in total. The van der Waals surface area contributed by atoms with Gasteiger partial charge in [-0.05, 0) is 48.2 Å². The number of hydrogen-bond donors (Lipinski definition) is 2. The smallest absolute Gasteiger partial charge is 0.263 e. The molecule has 0 radical (unpaired) electrons. The van der Waals surface area contributed by atoms with E-state index in [0.717, 1.165) is 50.9 Å². The van der Waals surface area contributed by atoms with Crippen LogP contribution in [0.15, 0.2) is 79.5 Å². The zero-order chi connectivity index (χ0) is 26.2. The molecule has 1 aliphatic rings. The molecule has 0 bridgehead atoms. The zero-order valence-corrected chi connectivity index (χ0v) is 21.6. The lowest BCUT2D eigenvalue weighted by Gasteiger charge is -2.32. The van der Waals surface area contributed by atoms with Crippen molar-refractivity contribution in [3.05, 3.63) is 89.9 Å². The van der Waals surface area contributed by atoms with Crippen LogP contribution < -0.4 is 10.8 Å². The van der Waals surface area contributed by atoms with E-state index in [-0.39, 0.29) is 17.9 Å². The molecule has 4 heterocycles. The highest BCUT2D eigenvalue weighted by Gasteiger charge is 2.26. The van der Waals surface area contributed by atoms with Gasteiger partial charge < -0.3 is 15.2 Å². The van der Waals surface area contributed by atoms with Crippen LogP contribution >= 0.6 is 11.3 Å². The summed E-state index contributed by atoms with van der Waals surface area (Å²) >= 11 is 1.36. The summed E-state index contributed by atoms with van der Waals surface area (Å²) < 4.78 is 2.07. The van der Waals surface area contributed by atoms with Gasteiger partial charge in [0.05, 0.1) is 16.4 Å². The van der Waals surface area contributed by atoms with Crippen molar-refractivity contribution in [1.82, 2.24) is 24.8 Å². The fraction of sp³-hybridized carbons (Fsp3) is 0.167. The summed E-state index contributed by atoms with van der Waals surface area (Å²) in [6.07, 6.45) is 4.75. The second kappa shape index (κ2) is 9.79. The number of carbonyl (C=O) groups excluding carboxylic acids is 2. The molecule has 6 rings (SSSR count). The molecule has 2 amide bonds. The van der Waals surface area contributed by atoms with E-state index < -0.39 is 0 Å². The lowest BCUT2D eigenvalue weighted by atomic mass is 10.0. The molecule has 0 spiro atoms. The number of benzene rings is 2. The SMILES string of the molecule is C=CC(=O)N1CCC[C@@H](NC(=O)c2sc3nccc4c3c2[nH]c(=C)n4-c2cccc(-c3ccccc3)c2)C1. The van der Waals surface area contributed by atoms with E-state index in [1.165, 1.54) is 17.4 Å². The van der Waals surface area contributed by atoms with Gasteiger partial charge in [-0.3, -0.25) is 14.2 Å². The highest BCUT2D eigenvalue weighted by molar-refractivity contribution is 7.21. The molecule has 8 heteroatoms. The van der Waals surface area contributed by atoms with Crippen molar-refractivity contribution in [3.8, 4) is 16.8 Å². The Bertz CT molecular complexity index is 1750. The molecule has 38 heavy (non-hydrogen) atoms. The highest BCUT2D eigenvalue weighted by Crippen LogP contribution is 2.34. The van der Waals surface area contributed by atoms with Gasteiger partial charge in [-0.25, -0.2) is 4.98 Å². The Kier molecular flexibility index (Phi) is 6.17. The van der Waals surface area contributed by atoms with Crippen molar-refractivity contribution in [3.63, 3.8) is 0 Å². The largest absolute Gasteiger partial charge is 0.347 e. The van der Waals surface area contributed by atoms with Crippen LogP contribution in [0.5, 0.6) is 0 Å². The normalized spacial score (nSPS) is 15.6. The Morgan fingerprint density at radius 3 is 2.74 bits per heavy atom. The van der Waals surface area contributed by atoms with Gasteiger partial charge in [-0.1, -0.05) is 55.6 Å². The van der Waals surface area contributed by atoms with Crippen molar-refractivity contribution in [2.24, 2.45) is 0 Å². The fourth-order valence-electron chi connectivity index (χ4n) is 5.24. The van der Waals surface area contributed by atoms with Crippen LogP contribution in [0.25, 0.3) is 44.6 Å². The van der Waals surface area contributed by atoms with Gasteiger partial charge in [0, 0.05) is 31.0 Å². The zero-order valence-electron chi connectivity index (χ0n) is 20.8. The van der Waals surface area contributed by atoms with Crippen molar-refractivity contribution in [1.29, 1.82) is 0 Å². The topological polar surface area (TPSA) is 83.0 Å². The average Bonchev–Trinajstić information content (AvgIpc) is 3.33. The van der Waals surface area contributed by atoms with Gasteiger partial charge in [0.1, 0.15) is 15.2 Å². The number of aromatic nitrogens is 3. The van der Waals surface area contributed by atoms with Crippen molar-refractivity contribution in [2.45, 2.75) is 18.9 Å². The van der Waals surface area contributed by atoms with Gasteiger partial charge in [-0.15, -0.1) is 11.3 Å². The molecule has 3 aromatic heterocycles. The highest BCUT2D eigenvalue weighted by atomic mass is 32.1. The first-order chi connectivity index (χ1) is 18.5. The lowest BCUT2D eigenvalue weighted by Crippen LogP contribution is -2.49. The average molecular weight is 522 g/mol. The molecule has 7 nitrogen and oxygen atoms in total. The van der Waals surface area contributed by atoms with E-state index in [1.807, 2.05) is 30.3 Å². The number of carbonyl (C=O) groups is 2. The third kappa shape index (κ3) is 4.22. The number of nitrogens with one attached hydrogen (secondary N) is 2. The van der Waals surface area contributed by atoms with E-state index in [4.69, 9.17) is 0 Å². The Balaban J connectivity index is 1.39. The Hall–Kier alpha value is -4.43. The second-order valence-corrected chi connectivity index (χ2v) is 10.4. The molecule has 1 atom stereocenters. The number of piperidine rings is 1. The number of likely N-dealkylation sites (tertiary alicyclic amines) is 1. The summed E-state index contributed by atoms with van der Waals surface area (Å²) in [5.74, 6) is -0.282. The van der Waals surface area contributed by atoms with E-state index in [0.29, 0.717) is 23.4 Å². The van der Waals surface area contributed by atoms with Crippen LogP contribution in [0, 0.1) is 0 Å². The van der Waals surface area contributed by atoms with Crippen molar-refractivity contribution >= 4 is 51.0 Å². The molecule has 0 aliphatic carbocycles. The maximum Gasteiger partial charge on any atom is 0.263 e. The molecular weight excluding hydrogens is 494 g/mol. The predicted octanol–water partition coefficient (Wildman–Crippen LogP) is 4.83. The minimum Gasteiger partial charge on any atom is -0.347 e. The van der Waals surface area contributed by atoms with Crippen molar-refractivity contribution < 1.29 is 9.59 Å². The standard InChI is InChI=1S/C30H27N5O2S/c1-3-25(36)34-16-8-12-22(18-34)33-29(37)28-27-26-24(14-15-31-30(26)38-28)35(19(2)32-27)23-13-7-11-21(17-23)20-9-5-4-6-10-20/h3-7,9-11,13-15,17,22,32H,1-2,8,12,16,18H2,(H,33,37)/t22-/m1/s1. The van der Waals surface area contributed by atoms with Crippen LogP contribution in [0.3, 0.4) is 0 Å². The number of thiophene rings is 1. The lowest BCUT2D eigenvalue weighted by molar-refractivity contribution is -0.127. The number of rotatable bonds is 5. The monoisotopic (exact) mass is 521 g/mol. The van der Waals surface area contributed by atoms with Gasteiger partial charge in [-0.2, -0.15) is 0 Å². The maximum atomic E-state index is 13.5. The minimum absolute atomic E-state index is 0.107. The maximum absolute atomic E-state index is 13.5. The molecular formula is C30H27N5O2S. The molecule has 0 saturated carbocycles. The molecule has 1 saturated heterocycles. The number of hydrogen-bond acceptors (Lipinski definition) is 4. The Morgan fingerprint density at radius 2 is 1.92 bits per heavy atom. The van der Waals surface area contributed by atoms with E-state index >= 15 is 0 Å². The van der Waals surface area contributed by atoms with Gasteiger partial charge in [0.15, 0.2) is 0 Å². The van der Waals surface area contributed by atoms with Gasteiger partial charge in [0.2, 0.25) is 5.91 Å². The van der Waals surface area contributed by atoms with Gasteiger partial charge in [0.25, 0.3) is 5.91 Å². The summed E-state index contributed by atoms with van der Waals surface area (Å²) in [5, 5.41) is 4.03. The minimum atomic E-state index is -0.174. The summed E-state index contributed by atoms with van der Waals surface area (Å²) in [4.78, 5) is 36.6.